The van der Waals surface area contributed by atoms with E-state index in [4.69, 9.17) is 0 Å². The highest BCUT2D eigenvalue weighted by Gasteiger charge is 2.14. The van der Waals surface area contributed by atoms with Crippen molar-refractivity contribution in [2.24, 2.45) is 11.8 Å². The highest BCUT2D eigenvalue weighted by atomic mass is 16.2. The number of nitrogens with zero attached hydrogens (tertiary/aromatic N) is 2. The molecule has 0 radical (unpaired) electrons. The SMILES string of the molecule is Cc1nn(CC(C)C)c(C)c1CCC(=O)Nc1ccc(NC(=O)C(C)C)cc1. The van der Waals surface area contributed by atoms with Crippen molar-refractivity contribution < 1.29 is 9.59 Å². The van der Waals surface area contributed by atoms with Gasteiger partial charge in [0.05, 0.1) is 5.69 Å². The van der Waals surface area contributed by atoms with Gasteiger partial charge in [0.15, 0.2) is 0 Å². The first-order valence-electron chi connectivity index (χ1n) is 9.91. The second-order valence-corrected chi connectivity index (χ2v) is 7.99. The Morgan fingerprint density at radius 1 is 1.00 bits per heavy atom. The number of rotatable bonds is 8. The summed E-state index contributed by atoms with van der Waals surface area (Å²) in [4.78, 5) is 24.1. The van der Waals surface area contributed by atoms with E-state index in [-0.39, 0.29) is 17.7 Å². The van der Waals surface area contributed by atoms with E-state index in [0.29, 0.717) is 18.8 Å². The Morgan fingerprint density at radius 3 is 2.11 bits per heavy atom. The molecule has 2 rings (SSSR count). The summed E-state index contributed by atoms with van der Waals surface area (Å²) in [5.74, 6) is 0.397. The van der Waals surface area contributed by atoms with Crippen LogP contribution in [0.2, 0.25) is 0 Å². The van der Waals surface area contributed by atoms with Crippen molar-refractivity contribution in [3.05, 3.63) is 41.2 Å². The fourth-order valence-electron chi connectivity index (χ4n) is 3.00. The number of amides is 2. The number of anilines is 2. The molecule has 0 atom stereocenters. The van der Waals surface area contributed by atoms with Gasteiger partial charge in [0.25, 0.3) is 0 Å². The fourth-order valence-corrected chi connectivity index (χ4v) is 3.00. The lowest BCUT2D eigenvalue weighted by Gasteiger charge is -2.10. The number of carbonyl (C=O) groups excluding carboxylic acids is 2. The second kappa shape index (κ2) is 9.53. The van der Waals surface area contributed by atoms with Gasteiger partial charge >= 0.3 is 0 Å². The molecule has 6 nitrogen and oxygen atoms in total. The number of hydrogen-bond donors (Lipinski definition) is 2. The largest absolute Gasteiger partial charge is 0.326 e. The number of carbonyl (C=O) groups is 2. The smallest absolute Gasteiger partial charge is 0.226 e. The lowest BCUT2D eigenvalue weighted by atomic mass is 10.1. The predicted octanol–water partition coefficient (Wildman–Crippen LogP) is 4.32. The summed E-state index contributed by atoms with van der Waals surface area (Å²) in [6.45, 7) is 13.0. The van der Waals surface area contributed by atoms with Gasteiger partial charge in [-0.25, -0.2) is 0 Å². The molecule has 2 aromatic rings. The average Bonchev–Trinajstić information content (AvgIpc) is 2.87. The maximum absolute atomic E-state index is 12.3. The Kier molecular flexibility index (Phi) is 7.38. The van der Waals surface area contributed by atoms with Gasteiger partial charge in [-0.05, 0) is 56.0 Å². The van der Waals surface area contributed by atoms with E-state index in [2.05, 4.69) is 36.5 Å². The van der Waals surface area contributed by atoms with E-state index in [1.807, 2.05) is 25.5 Å². The van der Waals surface area contributed by atoms with Crippen LogP contribution in [0.15, 0.2) is 24.3 Å². The molecule has 1 aromatic carbocycles. The van der Waals surface area contributed by atoms with Gasteiger partial charge in [0.1, 0.15) is 0 Å². The summed E-state index contributed by atoms with van der Waals surface area (Å²) in [7, 11) is 0. The Bertz CT molecular complexity index is 820. The third kappa shape index (κ3) is 5.94. The Balaban J connectivity index is 1.91. The van der Waals surface area contributed by atoms with Crippen molar-refractivity contribution >= 4 is 23.2 Å². The number of aromatic nitrogens is 2. The molecule has 2 amide bonds. The Labute approximate surface area is 167 Å². The Morgan fingerprint density at radius 2 is 1.57 bits per heavy atom. The van der Waals surface area contributed by atoms with Gasteiger partial charge in [-0.3, -0.25) is 14.3 Å². The lowest BCUT2D eigenvalue weighted by Crippen LogP contribution is -2.17. The van der Waals surface area contributed by atoms with E-state index in [1.165, 1.54) is 0 Å². The molecular formula is C22H32N4O2. The quantitative estimate of drug-likeness (QED) is 0.711. The van der Waals surface area contributed by atoms with Gasteiger partial charge in [0, 0.05) is 36.0 Å². The Hall–Kier alpha value is -2.63. The van der Waals surface area contributed by atoms with Crippen molar-refractivity contribution in [1.29, 1.82) is 0 Å². The maximum Gasteiger partial charge on any atom is 0.226 e. The minimum atomic E-state index is -0.0730. The molecule has 2 N–H and O–H groups in total. The van der Waals surface area contributed by atoms with E-state index in [0.717, 1.165) is 34.9 Å². The van der Waals surface area contributed by atoms with Crippen LogP contribution in [0.5, 0.6) is 0 Å². The lowest BCUT2D eigenvalue weighted by molar-refractivity contribution is -0.119. The van der Waals surface area contributed by atoms with Crippen molar-refractivity contribution in [1.82, 2.24) is 9.78 Å². The number of aryl methyl sites for hydroxylation is 1. The molecule has 152 valence electrons. The van der Waals surface area contributed by atoms with Crippen molar-refractivity contribution in [3.63, 3.8) is 0 Å². The molecule has 0 bridgehead atoms. The molecular weight excluding hydrogens is 352 g/mol. The standard InChI is InChI=1S/C22H32N4O2/c1-14(2)13-26-17(6)20(16(5)25-26)11-12-21(27)23-18-7-9-19(10-8-18)24-22(28)15(3)4/h7-10,14-15H,11-13H2,1-6H3,(H,23,27)(H,24,28). The third-order valence-corrected chi connectivity index (χ3v) is 4.63. The monoisotopic (exact) mass is 384 g/mol. The summed E-state index contributed by atoms with van der Waals surface area (Å²) in [6.07, 6.45) is 1.07. The van der Waals surface area contributed by atoms with Crippen LogP contribution in [-0.2, 0) is 22.6 Å². The average molecular weight is 385 g/mol. The predicted molar refractivity (Wildman–Crippen MR) is 113 cm³/mol. The molecule has 0 aliphatic heterocycles. The number of benzene rings is 1. The van der Waals surface area contributed by atoms with Crippen molar-refractivity contribution in [2.45, 2.75) is 60.9 Å². The van der Waals surface area contributed by atoms with Crippen LogP contribution < -0.4 is 10.6 Å². The van der Waals surface area contributed by atoms with Gasteiger partial charge in [0.2, 0.25) is 11.8 Å². The van der Waals surface area contributed by atoms with Crippen molar-refractivity contribution in [2.75, 3.05) is 10.6 Å². The summed E-state index contributed by atoms with van der Waals surface area (Å²) in [6, 6.07) is 7.18. The van der Waals surface area contributed by atoms with E-state index >= 15 is 0 Å². The molecule has 0 unspecified atom stereocenters. The van der Waals surface area contributed by atoms with Crippen LogP contribution in [0, 0.1) is 25.7 Å². The third-order valence-electron chi connectivity index (χ3n) is 4.63. The van der Waals surface area contributed by atoms with E-state index in [9.17, 15) is 9.59 Å². The van der Waals surface area contributed by atoms with Crippen LogP contribution in [0.25, 0.3) is 0 Å². The van der Waals surface area contributed by atoms with Crippen LogP contribution >= 0.6 is 0 Å². The number of nitrogens with one attached hydrogen (secondary N) is 2. The minimum absolute atomic E-state index is 0.0273. The fraction of sp³-hybridized carbons (Fsp3) is 0.500. The molecule has 0 aliphatic rings. The van der Waals surface area contributed by atoms with Gasteiger partial charge in [-0.2, -0.15) is 5.10 Å². The zero-order valence-electron chi connectivity index (χ0n) is 17.8. The summed E-state index contributed by atoms with van der Waals surface area (Å²) < 4.78 is 2.04. The van der Waals surface area contributed by atoms with E-state index < -0.39 is 0 Å². The highest BCUT2D eigenvalue weighted by Crippen LogP contribution is 2.18. The van der Waals surface area contributed by atoms with Crippen molar-refractivity contribution in [3.8, 4) is 0 Å². The molecule has 1 heterocycles. The first kappa shape index (κ1) is 21.7. The second-order valence-electron chi connectivity index (χ2n) is 7.99. The molecule has 0 aliphatic carbocycles. The molecule has 6 heteroatoms. The molecule has 1 aromatic heterocycles. The van der Waals surface area contributed by atoms with Crippen LogP contribution in [-0.4, -0.2) is 21.6 Å². The minimum Gasteiger partial charge on any atom is -0.326 e. The molecule has 0 spiro atoms. The molecule has 0 fully saturated rings. The van der Waals surface area contributed by atoms with Gasteiger partial charge in [-0.1, -0.05) is 27.7 Å². The van der Waals surface area contributed by atoms with E-state index in [1.54, 1.807) is 24.3 Å². The summed E-state index contributed by atoms with van der Waals surface area (Å²) in [5, 5.41) is 10.4. The topological polar surface area (TPSA) is 76.0 Å². The van der Waals surface area contributed by atoms with Gasteiger partial charge < -0.3 is 10.6 Å². The number of hydrogen-bond acceptors (Lipinski definition) is 3. The zero-order chi connectivity index (χ0) is 20.8. The highest BCUT2D eigenvalue weighted by molar-refractivity contribution is 5.93. The van der Waals surface area contributed by atoms with Crippen LogP contribution in [0.3, 0.4) is 0 Å². The first-order valence-corrected chi connectivity index (χ1v) is 9.91. The molecule has 28 heavy (non-hydrogen) atoms. The summed E-state index contributed by atoms with van der Waals surface area (Å²) >= 11 is 0. The van der Waals surface area contributed by atoms with Crippen LogP contribution in [0.1, 0.15) is 51.1 Å². The van der Waals surface area contributed by atoms with Gasteiger partial charge in [-0.15, -0.1) is 0 Å². The zero-order valence-corrected chi connectivity index (χ0v) is 17.8. The maximum atomic E-state index is 12.3. The molecule has 0 saturated carbocycles. The van der Waals surface area contributed by atoms with Crippen LogP contribution in [0.4, 0.5) is 11.4 Å². The normalized spacial score (nSPS) is 11.1. The molecule has 0 saturated heterocycles. The summed E-state index contributed by atoms with van der Waals surface area (Å²) in [5.41, 5.74) is 4.74. The first-order chi connectivity index (χ1) is 13.2.